The zero-order valence-corrected chi connectivity index (χ0v) is 46.2. The number of carbonyl (C=O) groups is 1. The standard InChI is InChI=1S/C56H84O20S/c1-9-11-30(51(59)60)13-16-52(4,61)50-29(3)20-39-38(72-50)26-46-56(8,75-39)49(58)48-42(71-46)24-41-47(73-48)28(2)12-17-54(6)45(70-41)27-44-55(7,76-54)18-14-31-32(69-44)21-34-33(66-31)22-35-36(67-34)23-40-37(68-35)25-43(57)53(5,74-40)15-10-19-65-77(62,63)64/h9,13,16,28,30-50,57-58,61H,1,3,10-12,14-15,17-27H2,2,4-8H3,(H,59,60)(H,62,63,64)/b16-13+/t28-,30+,31-,32+,33+,34-,35-,36+,37+,38+,39-,40-,41-,42+,43-,44-,45+,46-,47+,48+,49+,50-,52-,53+,54-,55+,56-/m0/s1. The molecule has 11 heterocycles. The Bertz CT molecular complexity index is 2350. The van der Waals surface area contributed by atoms with Crippen molar-refractivity contribution in [3.8, 4) is 0 Å². The third-order valence-electron chi connectivity index (χ3n) is 20.0. The van der Waals surface area contributed by atoms with E-state index >= 15 is 0 Å². The molecule has 0 aromatic rings. The molecule has 11 rings (SSSR count). The molecule has 0 aromatic heterocycles. The van der Waals surface area contributed by atoms with E-state index in [9.17, 15) is 33.6 Å². The maximum atomic E-state index is 12.3. The van der Waals surface area contributed by atoms with Crippen molar-refractivity contribution in [3.05, 3.63) is 37.0 Å². The van der Waals surface area contributed by atoms with Gasteiger partial charge in [0.05, 0.1) is 133 Å². The molecule has 0 bridgehead atoms. The summed E-state index contributed by atoms with van der Waals surface area (Å²) in [6.07, 6.45) is 3.50. The summed E-state index contributed by atoms with van der Waals surface area (Å²) in [6.45, 7) is 19.5. The topological polar surface area (TPSA) is 263 Å². The van der Waals surface area contributed by atoms with Gasteiger partial charge in [0.1, 0.15) is 29.5 Å². The van der Waals surface area contributed by atoms with Crippen LogP contribution in [0.15, 0.2) is 37.0 Å². The molecule has 27 atom stereocenters. The SMILES string of the molecule is C=CC[C@H](/C=C/[C@](C)(O)[C@H]1O[C@@H]2C[C@@H]3O[C@@H]4C[C@@H]5O[C@@H]6C[C@@H]7O[C@@H]8C[C@@H]9O[C@@H]%10C[C@@H]%11O[C@](C)(CCCOS(=O)(=O)O)[C@@H](O)C[C@H]%11O[C@H]%10C[C@H]9O[C@H]8CC[C@@]7(C)O[C@@]6(C)CC[C@H](C)[C@H]5O[C@H]4[C@@H](O)[C@@]3(C)O[C@H]2CC1=C)C(=O)O. The Labute approximate surface area is 452 Å². The van der Waals surface area contributed by atoms with Gasteiger partial charge in [0.15, 0.2) is 0 Å². The van der Waals surface area contributed by atoms with Crippen LogP contribution >= 0.6 is 0 Å². The summed E-state index contributed by atoms with van der Waals surface area (Å²) in [5.41, 5.74) is -4.29. The predicted octanol–water partition coefficient (Wildman–Crippen LogP) is 4.77. The normalized spacial score (nSPS) is 51.7. The van der Waals surface area contributed by atoms with Gasteiger partial charge in [-0.3, -0.25) is 9.35 Å². The van der Waals surface area contributed by atoms with Crippen molar-refractivity contribution in [2.24, 2.45) is 11.8 Å². The van der Waals surface area contributed by atoms with E-state index in [2.05, 4.69) is 38.1 Å². The summed E-state index contributed by atoms with van der Waals surface area (Å²) in [7, 11) is -4.57. The summed E-state index contributed by atoms with van der Waals surface area (Å²) < 4.78 is 112. The molecule has 20 nitrogen and oxygen atoms in total. The largest absolute Gasteiger partial charge is 0.481 e. The second kappa shape index (κ2) is 21.0. The zero-order chi connectivity index (χ0) is 54.8. The zero-order valence-electron chi connectivity index (χ0n) is 45.4. The number of aliphatic hydroxyl groups is 3. The Balaban J connectivity index is 0.739. The van der Waals surface area contributed by atoms with Gasteiger partial charge >= 0.3 is 16.4 Å². The van der Waals surface area contributed by atoms with Crippen LogP contribution in [-0.4, -0.2) is 196 Å². The number of hydrogen-bond acceptors (Lipinski definition) is 18. The Hall–Kier alpha value is -2.00. The maximum absolute atomic E-state index is 12.3. The minimum Gasteiger partial charge on any atom is -0.481 e. The van der Waals surface area contributed by atoms with Gasteiger partial charge in [0.25, 0.3) is 0 Å². The molecule has 0 aromatic carbocycles. The van der Waals surface area contributed by atoms with Crippen molar-refractivity contribution in [3.63, 3.8) is 0 Å². The number of hydrogen-bond donors (Lipinski definition) is 5. The van der Waals surface area contributed by atoms with Gasteiger partial charge < -0.3 is 72.5 Å². The second-order valence-electron chi connectivity index (χ2n) is 25.7. The van der Waals surface area contributed by atoms with Crippen molar-refractivity contribution < 1.29 is 94.5 Å². The van der Waals surface area contributed by atoms with E-state index in [0.717, 1.165) is 25.7 Å². The van der Waals surface area contributed by atoms with Crippen molar-refractivity contribution in [2.45, 2.75) is 288 Å². The highest BCUT2D eigenvalue weighted by atomic mass is 32.3. The molecule has 21 heteroatoms. The summed E-state index contributed by atoms with van der Waals surface area (Å²) in [6, 6.07) is 0. The predicted molar refractivity (Wildman–Crippen MR) is 272 cm³/mol. The Morgan fingerprint density at radius 1 is 0.740 bits per heavy atom. The fourth-order valence-electron chi connectivity index (χ4n) is 15.5. The van der Waals surface area contributed by atoms with Crippen LogP contribution in [0.4, 0.5) is 0 Å². The van der Waals surface area contributed by atoms with Gasteiger partial charge in [-0.2, -0.15) is 8.42 Å². The number of rotatable bonds is 11. The third-order valence-corrected chi connectivity index (χ3v) is 20.4. The fourth-order valence-corrected chi connectivity index (χ4v) is 15.8. The molecule has 0 unspecified atom stereocenters. The average molecular weight is 1110 g/mol. The highest BCUT2D eigenvalue weighted by Gasteiger charge is 2.65. The molecule has 5 N–H and O–H groups in total. The van der Waals surface area contributed by atoms with Gasteiger partial charge in [-0.15, -0.1) is 6.58 Å². The Kier molecular flexibility index (Phi) is 15.5. The molecule has 11 saturated heterocycles. The second-order valence-corrected chi connectivity index (χ2v) is 26.8. The summed E-state index contributed by atoms with van der Waals surface area (Å²) in [5.74, 6) is -1.80. The molecule has 0 spiro atoms. The molecule has 77 heavy (non-hydrogen) atoms. The first-order valence-corrected chi connectivity index (χ1v) is 29.8. The minimum atomic E-state index is -4.57. The first-order valence-electron chi connectivity index (χ1n) is 28.5. The monoisotopic (exact) mass is 1110 g/mol. The van der Waals surface area contributed by atoms with Gasteiger partial charge in [-0.05, 0) is 97.5 Å². The molecular formula is C56H84O20S. The molecule has 0 aliphatic carbocycles. The lowest BCUT2D eigenvalue weighted by Crippen LogP contribution is -2.74. The summed E-state index contributed by atoms with van der Waals surface area (Å²) >= 11 is 0. The van der Waals surface area contributed by atoms with Crippen LogP contribution in [0.1, 0.15) is 138 Å². The Morgan fingerprint density at radius 2 is 1.31 bits per heavy atom. The van der Waals surface area contributed by atoms with E-state index in [1.54, 1.807) is 6.92 Å². The van der Waals surface area contributed by atoms with Gasteiger partial charge in [-0.25, -0.2) is 4.18 Å². The number of carboxylic acids is 1. The number of carboxylic acid groups (broad SMARTS) is 1. The first-order chi connectivity index (χ1) is 36.3. The van der Waals surface area contributed by atoms with Crippen LogP contribution in [0, 0.1) is 11.8 Å². The van der Waals surface area contributed by atoms with E-state index in [0.29, 0.717) is 63.4 Å². The van der Waals surface area contributed by atoms with Crippen molar-refractivity contribution in [2.75, 3.05) is 6.61 Å². The van der Waals surface area contributed by atoms with Crippen LogP contribution in [0.3, 0.4) is 0 Å². The van der Waals surface area contributed by atoms with Crippen LogP contribution < -0.4 is 0 Å². The first kappa shape index (κ1) is 56.8. The van der Waals surface area contributed by atoms with E-state index in [1.165, 1.54) is 18.2 Å². The lowest BCUT2D eigenvalue weighted by Gasteiger charge is -2.61. The number of ether oxygens (including phenoxy) is 11. The molecule has 0 amide bonds. The average Bonchev–Trinajstić information content (AvgIpc) is 3.56. The van der Waals surface area contributed by atoms with Gasteiger partial charge in [0, 0.05) is 44.9 Å². The van der Waals surface area contributed by atoms with E-state index in [-0.39, 0.29) is 98.6 Å². The van der Waals surface area contributed by atoms with Crippen molar-refractivity contribution in [1.82, 2.24) is 0 Å². The van der Waals surface area contributed by atoms with Crippen LogP contribution in [0.5, 0.6) is 0 Å². The van der Waals surface area contributed by atoms with Crippen LogP contribution in [0.2, 0.25) is 0 Å². The molecule has 0 saturated carbocycles. The Morgan fingerprint density at radius 3 is 1.97 bits per heavy atom. The smallest absolute Gasteiger partial charge is 0.397 e. The lowest BCUT2D eigenvalue weighted by atomic mass is 9.73. The highest BCUT2D eigenvalue weighted by Crippen LogP contribution is 2.54. The molecule has 0 radical (unpaired) electrons. The van der Waals surface area contributed by atoms with Gasteiger partial charge in [0.2, 0.25) is 0 Å². The van der Waals surface area contributed by atoms with Crippen molar-refractivity contribution >= 4 is 16.4 Å². The van der Waals surface area contributed by atoms with Crippen LogP contribution in [0.25, 0.3) is 0 Å². The molecule has 11 fully saturated rings. The number of aliphatic carboxylic acids is 1. The van der Waals surface area contributed by atoms with E-state index in [4.69, 9.17) is 56.7 Å². The molecule has 11 aliphatic heterocycles. The van der Waals surface area contributed by atoms with E-state index < -0.39 is 99.1 Å². The molecule has 434 valence electrons. The maximum Gasteiger partial charge on any atom is 0.397 e. The minimum absolute atomic E-state index is 0.0713. The quantitative estimate of drug-likeness (QED) is 0.106. The van der Waals surface area contributed by atoms with Crippen LogP contribution in [-0.2, 0) is 71.5 Å². The fraction of sp³-hybridized carbons (Fsp3) is 0.875. The number of allylic oxidation sites excluding steroid dienone is 1. The van der Waals surface area contributed by atoms with Crippen molar-refractivity contribution in [1.29, 1.82) is 0 Å². The molecule has 11 aliphatic rings. The highest BCUT2D eigenvalue weighted by molar-refractivity contribution is 7.80. The number of fused-ring (bicyclic) bond motifs is 10. The number of aliphatic hydroxyl groups excluding tert-OH is 2. The van der Waals surface area contributed by atoms with E-state index in [1.807, 2.05) is 13.8 Å². The third kappa shape index (κ3) is 10.9. The summed E-state index contributed by atoms with van der Waals surface area (Å²) in [5, 5.41) is 44.9. The summed E-state index contributed by atoms with van der Waals surface area (Å²) in [4.78, 5) is 11.9. The van der Waals surface area contributed by atoms with Gasteiger partial charge in [-0.1, -0.05) is 31.7 Å². The molecular weight excluding hydrogens is 1020 g/mol. The lowest BCUT2D eigenvalue weighted by molar-refractivity contribution is -0.369.